The summed E-state index contributed by atoms with van der Waals surface area (Å²) < 4.78 is 4.75. The molecule has 168 valence electrons. The number of piperidine rings is 1. The molecular formula is C29H29NO3. The Balaban J connectivity index is 1.39. The van der Waals surface area contributed by atoms with Crippen LogP contribution in [0.2, 0.25) is 0 Å². The molecule has 4 rings (SSSR count). The molecule has 0 aromatic heterocycles. The molecule has 0 aliphatic carbocycles. The number of carbonyl (C=O) groups excluding carboxylic acids is 2. The summed E-state index contributed by atoms with van der Waals surface area (Å²) in [6.45, 7) is 1.47. The fourth-order valence-corrected chi connectivity index (χ4v) is 4.36. The number of likely N-dealkylation sites (tertiary alicyclic amines) is 1. The molecule has 1 saturated heterocycles. The monoisotopic (exact) mass is 439 g/mol. The summed E-state index contributed by atoms with van der Waals surface area (Å²) in [6, 6.07) is 28.0. The van der Waals surface area contributed by atoms with E-state index in [1.165, 1.54) is 23.8 Å². The van der Waals surface area contributed by atoms with Crippen LogP contribution in [0.4, 0.5) is 0 Å². The second-order valence-corrected chi connectivity index (χ2v) is 8.38. The molecular weight excluding hydrogens is 410 g/mol. The summed E-state index contributed by atoms with van der Waals surface area (Å²) in [5.74, 6) is -0.0651. The highest BCUT2D eigenvalue weighted by atomic mass is 16.5. The van der Waals surface area contributed by atoms with E-state index in [1.54, 1.807) is 12.1 Å². The maximum absolute atomic E-state index is 13.2. The van der Waals surface area contributed by atoms with Crippen molar-refractivity contribution >= 4 is 18.0 Å². The average Bonchev–Trinajstić information content (AvgIpc) is 2.88. The van der Waals surface area contributed by atoms with E-state index in [4.69, 9.17) is 4.74 Å². The minimum atomic E-state index is -0.328. The van der Waals surface area contributed by atoms with Crippen LogP contribution in [0.1, 0.15) is 52.2 Å². The molecule has 1 heterocycles. The van der Waals surface area contributed by atoms with Gasteiger partial charge in [0.25, 0.3) is 0 Å². The second kappa shape index (κ2) is 10.8. The number of esters is 1. The van der Waals surface area contributed by atoms with Crippen LogP contribution in [0.5, 0.6) is 0 Å². The number of benzene rings is 3. The minimum absolute atomic E-state index is 0.0603. The fraction of sp³-hybridized carbons (Fsp3) is 0.241. The Morgan fingerprint density at radius 2 is 1.39 bits per heavy atom. The molecule has 3 aromatic carbocycles. The van der Waals surface area contributed by atoms with Crippen molar-refractivity contribution in [2.45, 2.75) is 25.2 Å². The van der Waals surface area contributed by atoms with Gasteiger partial charge in [0, 0.05) is 25.4 Å². The molecule has 0 N–H and O–H groups in total. The Labute approximate surface area is 195 Å². The smallest absolute Gasteiger partial charge is 0.337 e. The van der Waals surface area contributed by atoms with E-state index in [-0.39, 0.29) is 17.8 Å². The molecule has 0 atom stereocenters. The lowest BCUT2D eigenvalue weighted by Crippen LogP contribution is -2.37. The van der Waals surface area contributed by atoms with Crippen molar-refractivity contribution in [1.82, 2.24) is 4.90 Å². The predicted octanol–water partition coefficient (Wildman–Crippen LogP) is 5.70. The standard InChI is InChI=1S/C29H29NO3/c1-33-29(32)26-14-12-22(13-15-26)20-23-16-18-30(19-17-23)28(31)21-27(24-8-4-2-5-9-24)25-10-6-3-7-11-25/h2-15,20,27H,16-19,21H2,1H3. The molecule has 3 aromatic rings. The number of methoxy groups -OCH3 is 1. The zero-order chi connectivity index (χ0) is 23.0. The maximum Gasteiger partial charge on any atom is 0.337 e. The lowest BCUT2D eigenvalue weighted by molar-refractivity contribution is -0.131. The number of hydrogen-bond donors (Lipinski definition) is 0. The lowest BCUT2D eigenvalue weighted by atomic mass is 9.88. The van der Waals surface area contributed by atoms with Crippen molar-refractivity contribution in [3.05, 3.63) is 113 Å². The van der Waals surface area contributed by atoms with Crippen LogP contribution >= 0.6 is 0 Å². The van der Waals surface area contributed by atoms with Gasteiger partial charge in [0.05, 0.1) is 12.7 Å². The molecule has 4 nitrogen and oxygen atoms in total. The summed E-state index contributed by atoms with van der Waals surface area (Å²) in [6.07, 6.45) is 4.37. The molecule has 33 heavy (non-hydrogen) atoms. The Kier molecular flexibility index (Phi) is 7.36. The number of nitrogens with zero attached hydrogens (tertiary/aromatic N) is 1. The van der Waals surface area contributed by atoms with Crippen LogP contribution < -0.4 is 0 Å². The normalized spacial score (nSPS) is 13.6. The van der Waals surface area contributed by atoms with Gasteiger partial charge in [-0.15, -0.1) is 0 Å². The number of ether oxygens (including phenoxy) is 1. The van der Waals surface area contributed by atoms with Gasteiger partial charge in [0.1, 0.15) is 0 Å². The van der Waals surface area contributed by atoms with Crippen molar-refractivity contribution in [2.24, 2.45) is 0 Å². The van der Waals surface area contributed by atoms with Gasteiger partial charge in [0.15, 0.2) is 0 Å². The molecule has 0 spiro atoms. The number of carbonyl (C=O) groups is 2. The van der Waals surface area contributed by atoms with E-state index < -0.39 is 0 Å². The van der Waals surface area contributed by atoms with Gasteiger partial charge in [0.2, 0.25) is 5.91 Å². The first kappa shape index (κ1) is 22.5. The first-order valence-corrected chi connectivity index (χ1v) is 11.4. The first-order valence-electron chi connectivity index (χ1n) is 11.4. The third-order valence-electron chi connectivity index (χ3n) is 6.24. The fourth-order valence-electron chi connectivity index (χ4n) is 4.36. The van der Waals surface area contributed by atoms with Gasteiger partial charge in [-0.2, -0.15) is 0 Å². The SMILES string of the molecule is COC(=O)c1ccc(C=C2CCN(C(=O)CC(c3ccccc3)c3ccccc3)CC2)cc1. The number of rotatable bonds is 6. The summed E-state index contributed by atoms with van der Waals surface area (Å²) >= 11 is 0. The van der Waals surface area contributed by atoms with Gasteiger partial charge in [-0.1, -0.05) is 84.4 Å². The summed E-state index contributed by atoms with van der Waals surface area (Å²) in [5, 5.41) is 0. The Bertz CT molecular complexity index is 1060. The van der Waals surface area contributed by atoms with Crippen molar-refractivity contribution in [3.8, 4) is 0 Å². The van der Waals surface area contributed by atoms with E-state index in [0.29, 0.717) is 12.0 Å². The molecule has 0 unspecified atom stereocenters. The average molecular weight is 440 g/mol. The Hall–Kier alpha value is -3.66. The molecule has 1 aliphatic rings. The molecule has 1 aliphatic heterocycles. The van der Waals surface area contributed by atoms with Crippen molar-refractivity contribution < 1.29 is 14.3 Å². The van der Waals surface area contributed by atoms with Gasteiger partial charge >= 0.3 is 5.97 Å². The molecule has 0 bridgehead atoms. The van der Waals surface area contributed by atoms with Crippen molar-refractivity contribution in [1.29, 1.82) is 0 Å². The van der Waals surface area contributed by atoms with Gasteiger partial charge in [-0.25, -0.2) is 4.79 Å². The van der Waals surface area contributed by atoms with E-state index in [9.17, 15) is 9.59 Å². The Morgan fingerprint density at radius 3 is 1.91 bits per heavy atom. The van der Waals surface area contributed by atoms with Crippen LogP contribution in [0.25, 0.3) is 6.08 Å². The zero-order valence-electron chi connectivity index (χ0n) is 18.9. The third kappa shape index (κ3) is 5.78. The molecule has 0 saturated carbocycles. The Morgan fingerprint density at radius 1 is 0.848 bits per heavy atom. The summed E-state index contributed by atoms with van der Waals surface area (Å²) in [5.41, 5.74) is 5.28. The summed E-state index contributed by atoms with van der Waals surface area (Å²) in [7, 11) is 1.38. The molecule has 4 heteroatoms. The third-order valence-corrected chi connectivity index (χ3v) is 6.24. The van der Waals surface area contributed by atoms with E-state index in [0.717, 1.165) is 31.5 Å². The topological polar surface area (TPSA) is 46.6 Å². The van der Waals surface area contributed by atoms with Crippen LogP contribution in [0, 0.1) is 0 Å². The van der Waals surface area contributed by atoms with Crippen molar-refractivity contribution in [2.75, 3.05) is 20.2 Å². The highest BCUT2D eigenvalue weighted by Crippen LogP contribution is 2.29. The van der Waals surface area contributed by atoms with Crippen LogP contribution in [0.3, 0.4) is 0 Å². The first-order chi connectivity index (χ1) is 16.1. The largest absolute Gasteiger partial charge is 0.465 e. The summed E-state index contributed by atoms with van der Waals surface area (Å²) in [4.78, 5) is 26.8. The van der Waals surface area contributed by atoms with Crippen LogP contribution in [0.15, 0.2) is 90.5 Å². The van der Waals surface area contributed by atoms with Gasteiger partial charge in [-0.05, 0) is 41.7 Å². The second-order valence-electron chi connectivity index (χ2n) is 8.38. The van der Waals surface area contributed by atoms with E-state index in [1.807, 2.05) is 53.4 Å². The lowest BCUT2D eigenvalue weighted by Gasteiger charge is -2.30. The highest BCUT2D eigenvalue weighted by molar-refractivity contribution is 5.89. The minimum Gasteiger partial charge on any atom is -0.465 e. The quantitative estimate of drug-likeness (QED) is 0.463. The zero-order valence-corrected chi connectivity index (χ0v) is 18.9. The maximum atomic E-state index is 13.2. The number of hydrogen-bond acceptors (Lipinski definition) is 3. The van der Waals surface area contributed by atoms with Gasteiger partial charge < -0.3 is 9.64 Å². The predicted molar refractivity (Wildman–Crippen MR) is 131 cm³/mol. The van der Waals surface area contributed by atoms with E-state index in [2.05, 4.69) is 30.3 Å². The van der Waals surface area contributed by atoms with Crippen LogP contribution in [-0.2, 0) is 9.53 Å². The highest BCUT2D eigenvalue weighted by Gasteiger charge is 2.24. The van der Waals surface area contributed by atoms with Crippen molar-refractivity contribution in [3.63, 3.8) is 0 Å². The number of amides is 1. The van der Waals surface area contributed by atoms with Gasteiger partial charge in [-0.3, -0.25) is 4.79 Å². The molecule has 1 amide bonds. The van der Waals surface area contributed by atoms with Crippen LogP contribution in [-0.4, -0.2) is 37.0 Å². The molecule has 1 fully saturated rings. The molecule has 0 radical (unpaired) electrons. The van der Waals surface area contributed by atoms with E-state index >= 15 is 0 Å².